The number of rotatable bonds is 8. The van der Waals surface area contributed by atoms with Crippen LogP contribution in [0.5, 0.6) is 0 Å². The van der Waals surface area contributed by atoms with Gasteiger partial charge in [0.2, 0.25) is 0 Å². The second kappa shape index (κ2) is 10.9. The molecule has 2 aromatic rings. The highest BCUT2D eigenvalue weighted by Gasteiger charge is 2.22. The summed E-state index contributed by atoms with van der Waals surface area (Å²) >= 11 is 12.3. The molecule has 1 fully saturated rings. The number of piperidine rings is 1. The van der Waals surface area contributed by atoms with Gasteiger partial charge in [-0.3, -0.25) is 4.21 Å². The molecule has 29 heavy (non-hydrogen) atoms. The van der Waals surface area contributed by atoms with Crippen molar-refractivity contribution in [3.63, 3.8) is 0 Å². The molecule has 3 rings (SSSR count). The molecule has 2 N–H and O–H groups in total. The summed E-state index contributed by atoms with van der Waals surface area (Å²) in [5.41, 5.74) is 8.82. The van der Waals surface area contributed by atoms with Crippen LogP contribution in [0.4, 0.5) is 0 Å². The Kier molecular flexibility index (Phi) is 8.57. The van der Waals surface area contributed by atoms with E-state index in [-0.39, 0.29) is 6.04 Å². The van der Waals surface area contributed by atoms with E-state index >= 15 is 0 Å². The highest BCUT2D eigenvalue weighted by Crippen LogP contribution is 2.29. The van der Waals surface area contributed by atoms with Crippen molar-refractivity contribution < 1.29 is 4.21 Å². The first-order chi connectivity index (χ1) is 13.9. The van der Waals surface area contributed by atoms with Gasteiger partial charge in [0.15, 0.2) is 0 Å². The Labute approximate surface area is 187 Å². The van der Waals surface area contributed by atoms with E-state index < -0.39 is 10.8 Å². The molecule has 1 aliphatic rings. The molecular formula is C23H30Cl2N2OS. The highest BCUT2D eigenvalue weighted by molar-refractivity contribution is 7.84. The number of halogens is 2. The second-order valence-electron chi connectivity index (χ2n) is 8.01. The van der Waals surface area contributed by atoms with Crippen molar-refractivity contribution in [1.29, 1.82) is 0 Å². The average molecular weight is 453 g/mol. The SMILES string of the molecule is CS(=O)c1ccccc1C(N)CC(Cc1ccc(Cl)c(Cl)c1)CN1CCCCC1. The molecule has 1 heterocycles. The van der Waals surface area contributed by atoms with Crippen molar-refractivity contribution in [3.05, 3.63) is 63.6 Å². The lowest BCUT2D eigenvalue weighted by Gasteiger charge is -2.32. The maximum Gasteiger partial charge on any atom is 0.0595 e. The number of hydrogen-bond donors (Lipinski definition) is 1. The van der Waals surface area contributed by atoms with Gasteiger partial charge < -0.3 is 10.6 Å². The number of nitrogens with two attached hydrogens (primary N) is 1. The molecule has 3 nitrogen and oxygen atoms in total. The normalized spacial score (nSPS) is 18.3. The van der Waals surface area contributed by atoms with Crippen LogP contribution in [-0.2, 0) is 17.2 Å². The molecule has 6 heteroatoms. The van der Waals surface area contributed by atoms with Gasteiger partial charge in [0.05, 0.1) is 20.8 Å². The van der Waals surface area contributed by atoms with Crippen molar-refractivity contribution in [2.75, 3.05) is 25.9 Å². The fourth-order valence-electron chi connectivity index (χ4n) is 4.26. The topological polar surface area (TPSA) is 46.3 Å². The quantitative estimate of drug-likeness (QED) is 0.577. The predicted molar refractivity (Wildman–Crippen MR) is 124 cm³/mol. The minimum absolute atomic E-state index is 0.146. The van der Waals surface area contributed by atoms with Crippen molar-refractivity contribution in [1.82, 2.24) is 4.90 Å². The van der Waals surface area contributed by atoms with Crippen molar-refractivity contribution in [2.24, 2.45) is 11.7 Å². The average Bonchev–Trinajstić information content (AvgIpc) is 2.71. The van der Waals surface area contributed by atoms with Crippen LogP contribution in [0.1, 0.15) is 42.9 Å². The van der Waals surface area contributed by atoms with Gasteiger partial charge in [-0.1, -0.05) is 53.9 Å². The molecule has 0 amide bonds. The summed E-state index contributed by atoms with van der Waals surface area (Å²) in [6.45, 7) is 3.33. The molecule has 3 unspecified atom stereocenters. The largest absolute Gasteiger partial charge is 0.324 e. The van der Waals surface area contributed by atoms with Crippen molar-refractivity contribution in [2.45, 2.75) is 43.0 Å². The van der Waals surface area contributed by atoms with Crippen LogP contribution in [0.15, 0.2) is 47.4 Å². The molecule has 1 aliphatic heterocycles. The van der Waals surface area contributed by atoms with Crippen LogP contribution in [0.2, 0.25) is 10.0 Å². The first-order valence-electron chi connectivity index (χ1n) is 10.3. The fourth-order valence-corrected chi connectivity index (χ4v) is 5.41. The third-order valence-electron chi connectivity index (χ3n) is 5.69. The predicted octanol–water partition coefficient (Wildman–Crippen LogP) is 5.47. The molecule has 3 atom stereocenters. The van der Waals surface area contributed by atoms with Crippen LogP contribution < -0.4 is 5.73 Å². The van der Waals surface area contributed by atoms with Gasteiger partial charge in [-0.25, -0.2) is 0 Å². The van der Waals surface area contributed by atoms with E-state index in [1.165, 1.54) is 24.8 Å². The summed E-state index contributed by atoms with van der Waals surface area (Å²) in [5, 5.41) is 1.18. The molecule has 1 saturated heterocycles. The minimum Gasteiger partial charge on any atom is -0.324 e. The molecule has 0 aliphatic carbocycles. The Balaban J connectivity index is 1.78. The number of nitrogens with zero attached hydrogens (tertiary/aromatic N) is 1. The van der Waals surface area contributed by atoms with Crippen LogP contribution in [0, 0.1) is 5.92 Å². The first kappa shape index (κ1) is 22.8. The zero-order valence-electron chi connectivity index (χ0n) is 16.9. The van der Waals surface area contributed by atoms with Crippen LogP contribution >= 0.6 is 23.2 Å². The minimum atomic E-state index is -1.05. The molecular weight excluding hydrogens is 423 g/mol. The maximum absolute atomic E-state index is 12.2. The standard InChI is InChI=1S/C23H30Cl2N2OS/c1-29(28)23-8-4-3-7-19(23)22(26)15-18(16-27-11-5-2-6-12-27)13-17-9-10-20(24)21(25)14-17/h3-4,7-10,14,18,22H,2,5-6,11-13,15-16,26H2,1H3. The Morgan fingerprint density at radius 2 is 1.79 bits per heavy atom. The molecule has 0 saturated carbocycles. The Hall–Kier alpha value is -0.910. The molecule has 0 spiro atoms. The first-order valence-corrected chi connectivity index (χ1v) is 12.6. The zero-order valence-corrected chi connectivity index (χ0v) is 19.3. The summed E-state index contributed by atoms with van der Waals surface area (Å²) < 4.78 is 12.2. The lowest BCUT2D eigenvalue weighted by molar-refractivity contribution is 0.186. The van der Waals surface area contributed by atoms with E-state index in [2.05, 4.69) is 11.0 Å². The number of hydrogen-bond acceptors (Lipinski definition) is 3. The van der Waals surface area contributed by atoms with Gasteiger partial charge >= 0.3 is 0 Å². The second-order valence-corrected chi connectivity index (χ2v) is 10.2. The van der Waals surface area contributed by atoms with Gasteiger partial charge in [0.25, 0.3) is 0 Å². The lowest BCUT2D eigenvalue weighted by Crippen LogP contribution is -2.36. The van der Waals surface area contributed by atoms with Crippen LogP contribution in [0.3, 0.4) is 0 Å². The fraction of sp³-hybridized carbons (Fsp3) is 0.478. The third-order valence-corrected chi connectivity index (χ3v) is 7.42. The lowest BCUT2D eigenvalue weighted by atomic mass is 9.89. The third kappa shape index (κ3) is 6.53. The molecule has 0 aromatic heterocycles. The summed E-state index contributed by atoms with van der Waals surface area (Å²) in [7, 11) is -1.05. The molecule has 0 bridgehead atoms. The van der Waals surface area contributed by atoms with Crippen LogP contribution in [0.25, 0.3) is 0 Å². The summed E-state index contributed by atoms with van der Waals surface area (Å²) in [6, 6.07) is 13.6. The smallest absolute Gasteiger partial charge is 0.0595 e. The maximum atomic E-state index is 12.2. The van der Waals surface area contributed by atoms with Gasteiger partial charge in [-0.05, 0) is 74.0 Å². The van der Waals surface area contributed by atoms with Crippen LogP contribution in [-0.4, -0.2) is 35.0 Å². The molecule has 2 aromatic carbocycles. The Morgan fingerprint density at radius 1 is 1.07 bits per heavy atom. The van der Waals surface area contributed by atoms with Gasteiger partial charge in [-0.15, -0.1) is 0 Å². The molecule has 0 radical (unpaired) electrons. The van der Waals surface area contributed by atoms with Crippen molar-refractivity contribution >= 4 is 34.0 Å². The zero-order chi connectivity index (χ0) is 20.8. The Morgan fingerprint density at radius 3 is 2.48 bits per heavy atom. The molecule has 158 valence electrons. The Bertz CT molecular complexity index is 839. The van der Waals surface area contributed by atoms with Gasteiger partial charge in [0.1, 0.15) is 0 Å². The van der Waals surface area contributed by atoms with E-state index in [4.69, 9.17) is 28.9 Å². The van der Waals surface area contributed by atoms with E-state index in [9.17, 15) is 4.21 Å². The van der Waals surface area contributed by atoms with Crippen molar-refractivity contribution in [3.8, 4) is 0 Å². The highest BCUT2D eigenvalue weighted by atomic mass is 35.5. The van der Waals surface area contributed by atoms with E-state index in [0.29, 0.717) is 16.0 Å². The van der Waals surface area contributed by atoms with E-state index in [0.717, 1.165) is 42.9 Å². The van der Waals surface area contributed by atoms with Gasteiger partial charge in [0, 0.05) is 23.7 Å². The monoisotopic (exact) mass is 452 g/mol. The number of likely N-dealkylation sites (tertiary alicyclic amines) is 1. The van der Waals surface area contributed by atoms with Gasteiger partial charge in [-0.2, -0.15) is 0 Å². The van der Waals surface area contributed by atoms with E-state index in [1.54, 1.807) is 6.26 Å². The summed E-state index contributed by atoms with van der Waals surface area (Å²) in [5.74, 6) is 0.388. The number of benzene rings is 2. The van der Waals surface area contributed by atoms with E-state index in [1.807, 2.05) is 36.4 Å². The summed E-state index contributed by atoms with van der Waals surface area (Å²) in [6.07, 6.45) is 7.31. The summed E-state index contributed by atoms with van der Waals surface area (Å²) in [4.78, 5) is 3.40.